The molecule has 0 saturated heterocycles. The molecule has 20 heavy (non-hydrogen) atoms. The predicted molar refractivity (Wildman–Crippen MR) is 80.8 cm³/mol. The molecule has 0 saturated carbocycles. The lowest BCUT2D eigenvalue weighted by Crippen LogP contribution is -2.15. The van der Waals surface area contributed by atoms with Crippen molar-refractivity contribution < 1.29 is 14.3 Å². The largest absolute Gasteiger partial charge is 0.453 e. The van der Waals surface area contributed by atoms with Crippen LogP contribution in [0.2, 0.25) is 0 Å². The summed E-state index contributed by atoms with van der Waals surface area (Å²) in [6.07, 6.45) is 0. The summed E-state index contributed by atoms with van der Waals surface area (Å²) in [4.78, 5) is 0. The first-order valence-corrected chi connectivity index (χ1v) is 7.01. The average molecular weight is 404 g/mol. The van der Waals surface area contributed by atoms with Gasteiger partial charge in [-0.15, -0.1) is 0 Å². The maximum Gasteiger partial charge on any atom is 0.175 e. The molecule has 0 fully saturated rings. The van der Waals surface area contributed by atoms with Gasteiger partial charge in [-0.3, -0.25) is 0 Å². The van der Waals surface area contributed by atoms with Crippen molar-refractivity contribution in [1.29, 1.82) is 0 Å². The Kier molecular flexibility index (Phi) is 4.61. The zero-order valence-corrected chi connectivity index (χ0v) is 13.2. The molecule has 0 unspecified atom stereocenters. The van der Waals surface area contributed by atoms with E-state index in [1.807, 2.05) is 0 Å². The average Bonchev–Trinajstić information content (AvgIpc) is 2.42. The molecule has 7 heteroatoms. The molecule has 104 valence electrons. The van der Waals surface area contributed by atoms with Crippen molar-refractivity contribution in [2.24, 2.45) is 10.9 Å². The Morgan fingerprint density at radius 3 is 2.65 bits per heavy atom. The van der Waals surface area contributed by atoms with Crippen LogP contribution in [0.1, 0.15) is 5.56 Å². The maximum atomic E-state index is 13.7. The van der Waals surface area contributed by atoms with E-state index < -0.39 is 5.82 Å². The van der Waals surface area contributed by atoms with E-state index >= 15 is 0 Å². The lowest BCUT2D eigenvalue weighted by molar-refractivity contribution is 0.318. The molecule has 0 radical (unpaired) electrons. The number of nitrogens with zero attached hydrogens (tertiary/aromatic N) is 1. The highest BCUT2D eigenvalue weighted by molar-refractivity contribution is 9.10. The van der Waals surface area contributed by atoms with E-state index in [9.17, 15) is 4.39 Å². The number of oxime groups is 1. The summed E-state index contributed by atoms with van der Waals surface area (Å²) in [6.45, 7) is 0. The first-order valence-electron chi connectivity index (χ1n) is 5.42. The fraction of sp³-hybridized carbons (Fsp3) is 0. The van der Waals surface area contributed by atoms with Gasteiger partial charge in [0.1, 0.15) is 5.75 Å². The highest BCUT2D eigenvalue weighted by atomic mass is 79.9. The van der Waals surface area contributed by atoms with Crippen LogP contribution < -0.4 is 10.5 Å². The van der Waals surface area contributed by atoms with Crippen LogP contribution in [0.15, 0.2) is 50.5 Å². The Balaban J connectivity index is 2.49. The second-order valence-corrected chi connectivity index (χ2v) is 5.55. The zero-order chi connectivity index (χ0) is 14.7. The third-order valence-electron chi connectivity index (χ3n) is 2.45. The quantitative estimate of drug-likeness (QED) is 0.348. The van der Waals surface area contributed by atoms with Gasteiger partial charge in [-0.2, -0.15) is 0 Å². The molecule has 2 aromatic carbocycles. The van der Waals surface area contributed by atoms with Crippen molar-refractivity contribution in [2.45, 2.75) is 0 Å². The highest BCUT2D eigenvalue weighted by Gasteiger charge is 2.15. The zero-order valence-electron chi connectivity index (χ0n) is 9.98. The van der Waals surface area contributed by atoms with Crippen molar-refractivity contribution in [1.82, 2.24) is 0 Å². The first-order chi connectivity index (χ1) is 9.52. The summed E-state index contributed by atoms with van der Waals surface area (Å²) >= 11 is 6.52. The summed E-state index contributed by atoms with van der Waals surface area (Å²) in [5.41, 5.74) is 5.95. The molecular weight excluding hydrogens is 395 g/mol. The number of benzene rings is 2. The summed E-state index contributed by atoms with van der Waals surface area (Å²) in [5, 5.41) is 11.8. The molecule has 0 heterocycles. The highest BCUT2D eigenvalue weighted by Crippen LogP contribution is 2.33. The van der Waals surface area contributed by atoms with Crippen LogP contribution in [0.5, 0.6) is 11.5 Å². The Labute approximate surface area is 131 Å². The van der Waals surface area contributed by atoms with Gasteiger partial charge in [0.25, 0.3) is 0 Å². The van der Waals surface area contributed by atoms with Gasteiger partial charge >= 0.3 is 0 Å². The van der Waals surface area contributed by atoms with E-state index in [4.69, 9.17) is 15.7 Å². The van der Waals surface area contributed by atoms with Crippen molar-refractivity contribution in [3.05, 3.63) is 56.7 Å². The number of rotatable bonds is 3. The lowest BCUT2D eigenvalue weighted by Gasteiger charge is -2.12. The number of halogens is 3. The molecule has 2 rings (SSSR count). The van der Waals surface area contributed by atoms with Gasteiger partial charge in [0, 0.05) is 8.95 Å². The molecule has 0 bridgehead atoms. The van der Waals surface area contributed by atoms with E-state index in [2.05, 4.69) is 37.0 Å². The van der Waals surface area contributed by atoms with E-state index in [0.717, 1.165) is 0 Å². The van der Waals surface area contributed by atoms with Gasteiger partial charge in [-0.25, -0.2) is 4.39 Å². The summed E-state index contributed by atoms with van der Waals surface area (Å²) < 4.78 is 20.5. The number of hydrogen-bond donors (Lipinski definition) is 2. The molecule has 3 N–H and O–H groups in total. The number of ether oxygens (including phenoxy) is 1. The van der Waals surface area contributed by atoms with Crippen LogP contribution in [-0.2, 0) is 0 Å². The van der Waals surface area contributed by atoms with Gasteiger partial charge in [0.05, 0.1) is 5.56 Å². The van der Waals surface area contributed by atoms with Gasteiger partial charge in [0.2, 0.25) is 0 Å². The van der Waals surface area contributed by atoms with Crippen molar-refractivity contribution in [2.75, 3.05) is 0 Å². The molecule has 0 amide bonds. The molecule has 0 aliphatic carbocycles. The molecule has 0 aliphatic heterocycles. The van der Waals surface area contributed by atoms with Crippen LogP contribution in [0.3, 0.4) is 0 Å². The molecular formula is C13H9Br2FN2O2. The van der Waals surface area contributed by atoms with E-state index in [-0.39, 0.29) is 17.3 Å². The molecule has 2 aromatic rings. The van der Waals surface area contributed by atoms with Crippen molar-refractivity contribution >= 4 is 37.7 Å². The topological polar surface area (TPSA) is 67.8 Å². The lowest BCUT2D eigenvalue weighted by atomic mass is 10.2. The second kappa shape index (κ2) is 6.23. The van der Waals surface area contributed by atoms with E-state index in [1.165, 1.54) is 12.1 Å². The normalized spacial score (nSPS) is 11.4. The number of amidine groups is 1. The minimum atomic E-state index is -0.515. The fourth-order valence-corrected chi connectivity index (χ4v) is 2.45. The molecule has 0 atom stereocenters. The maximum absolute atomic E-state index is 13.7. The van der Waals surface area contributed by atoms with Crippen LogP contribution in [0.25, 0.3) is 0 Å². The van der Waals surface area contributed by atoms with Crippen LogP contribution >= 0.6 is 31.9 Å². The van der Waals surface area contributed by atoms with Crippen molar-refractivity contribution in [3.63, 3.8) is 0 Å². The number of hydrogen-bond acceptors (Lipinski definition) is 3. The minimum absolute atomic E-state index is 0.0319. The Hall–Kier alpha value is -1.60. The van der Waals surface area contributed by atoms with Gasteiger partial charge < -0.3 is 15.7 Å². The first kappa shape index (κ1) is 14.8. The van der Waals surface area contributed by atoms with E-state index in [1.54, 1.807) is 24.3 Å². The van der Waals surface area contributed by atoms with Crippen molar-refractivity contribution in [3.8, 4) is 11.5 Å². The van der Waals surface area contributed by atoms with Crippen LogP contribution in [0.4, 0.5) is 4.39 Å². The Morgan fingerprint density at radius 1 is 1.20 bits per heavy atom. The SMILES string of the molecule is N/C(=N/O)c1c(Br)cccc1Oc1cc(Br)ccc1F. The van der Waals surface area contributed by atoms with Crippen LogP contribution in [-0.4, -0.2) is 11.0 Å². The van der Waals surface area contributed by atoms with Gasteiger partial charge in [-0.1, -0.05) is 27.2 Å². The van der Waals surface area contributed by atoms with Gasteiger partial charge in [0.15, 0.2) is 17.4 Å². The van der Waals surface area contributed by atoms with Gasteiger partial charge in [-0.05, 0) is 46.3 Å². The standard InChI is InChI=1S/C13H9Br2FN2O2/c14-7-4-5-9(16)11(6-7)20-10-3-1-2-8(15)12(10)13(17)18-19/h1-6,19H,(H2,17,18). The summed E-state index contributed by atoms with van der Waals surface area (Å²) in [5.74, 6) is -0.349. The number of nitrogens with two attached hydrogens (primary N) is 1. The monoisotopic (exact) mass is 402 g/mol. The smallest absolute Gasteiger partial charge is 0.175 e. The summed E-state index contributed by atoms with van der Waals surface area (Å²) in [7, 11) is 0. The predicted octanol–water partition coefficient (Wildman–Crippen LogP) is 4.24. The Morgan fingerprint density at radius 2 is 1.95 bits per heavy atom. The van der Waals surface area contributed by atoms with Crippen LogP contribution in [0, 0.1) is 5.82 Å². The minimum Gasteiger partial charge on any atom is -0.453 e. The molecule has 4 nitrogen and oxygen atoms in total. The second-order valence-electron chi connectivity index (χ2n) is 3.78. The molecule has 0 aromatic heterocycles. The Bertz CT molecular complexity index is 677. The summed E-state index contributed by atoms with van der Waals surface area (Å²) in [6, 6.07) is 9.33. The molecule has 0 aliphatic rings. The molecule has 0 spiro atoms. The van der Waals surface area contributed by atoms with E-state index in [0.29, 0.717) is 14.5 Å². The fourth-order valence-electron chi connectivity index (χ4n) is 1.56. The third kappa shape index (κ3) is 3.10. The third-order valence-corrected chi connectivity index (χ3v) is 3.61.